The third kappa shape index (κ3) is 4.05. The van der Waals surface area contributed by atoms with Gasteiger partial charge in [-0.05, 0) is 61.5 Å². The van der Waals surface area contributed by atoms with E-state index in [-0.39, 0.29) is 11.8 Å². The Morgan fingerprint density at radius 1 is 1.18 bits per heavy atom. The molecular formula is C24H33N7O2. The Bertz CT molecular complexity index is 1060. The second-order valence-corrected chi connectivity index (χ2v) is 9.77. The molecule has 2 amide bonds. The fourth-order valence-electron chi connectivity index (χ4n) is 5.81. The first-order chi connectivity index (χ1) is 16.0. The molecule has 6 rings (SSSR count). The van der Waals surface area contributed by atoms with Crippen LogP contribution in [0.4, 0.5) is 10.6 Å². The predicted molar refractivity (Wildman–Crippen MR) is 127 cm³/mol. The second-order valence-electron chi connectivity index (χ2n) is 9.77. The maximum atomic E-state index is 12.6. The number of urea groups is 1. The lowest BCUT2D eigenvalue weighted by atomic mass is 9.39. The average Bonchev–Trinajstić information content (AvgIpc) is 2.78. The third-order valence-electron chi connectivity index (χ3n) is 7.63. The Hall–Kier alpha value is -2.75. The summed E-state index contributed by atoms with van der Waals surface area (Å²) in [7, 11) is 0. The van der Waals surface area contributed by atoms with Gasteiger partial charge in [0.15, 0.2) is 0 Å². The van der Waals surface area contributed by atoms with E-state index < -0.39 is 5.69 Å². The average molecular weight is 452 g/mol. The van der Waals surface area contributed by atoms with E-state index in [9.17, 15) is 9.59 Å². The molecule has 3 saturated carbocycles. The number of carbonyl (C=O) groups is 1. The number of piperazine rings is 1. The van der Waals surface area contributed by atoms with Crippen LogP contribution in [0, 0.1) is 5.41 Å². The van der Waals surface area contributed by atoms with E-state index >= 15 is 0 Å². The first kappa shape index (κ1) is 22.1. The number of hydrogen-bond donors (Lipinski definition) is 3. The summed E-state index contributed by atoms with van der Waals surface area (Å²) in [5, 5.41) is 5.93. The number of nitrogens with one attached hydrogen (secondary N) is 2. The highest BCUT2D eigenvalue weighted by Crippen LogP contribution is 2.69. The van der Waals surface area contributed by atoms with Gasteiger partial charge in [-0.15, -0.1) is 0 Å². The topological polar surface area (TPSA) is 109 Å². The van der Waals surface area contributed by atoms with Crippen molar-refractivity contribution < 1.29 is 4.79 Å². The number of rotatable bonds is 7. The van der Waals surface area contributed by atoms with Crippen LogP contribution in [-0.4, -0.2) is 70.2 Å². The summed E-state index contributed by atoms with van der Waals surface area (Å²) in [5.41, 5.74) is 8.26. The van der Waals surface area contributed by atoms with Crippen molar-refractivity contribution >= 4 is 11.8 Å². The number of benzene rings is 1. The summed E-state index contributed by atoms with van der Waals surface area (Å²) in [4.78, 5) is 33.3. The van der Waals surface area contributed by atoms with E-state index in [4.69, 9.17) is 5.73 Å². The van der Waals surface area contributed by atoms with Crippen molar-refractivity contribution in [1.29, 1.82) is 0 Å². The summed E-state index contributed by atoms with van der Waals surface area (Å²) < 4.78 is 1.49. The molecule has 33 heavy (non-hydrogen) atoms. The minimum atomic E-state index is -0.419. The lowest BCUT2D eigenvalue weighted by molar-refractivity contribution is -0.216. The predicted octanol–water partition coefficient (Wildman–Crippen LogP) is 1.37. The molecule has 2 bridgehead atoms. The summed E-state index contributed by atoms with van der Waals surface area (Å²) >= 11 is 0. The zero-order chi connectivity index (χ0) is 23.1. The fraction of sp³-hybridized carbons (Fsp3) is 0.542. The van der Waals surface area contributed by atoms with E-state index in [1.165, 1.54) is 29.4 Å². The highest BCUT2D eigenvalue weighted by atomic mass is 16.2. The van der Waals surface area contributed by atoms with Gasteiger partial charge in [-0.3, -0.25) is 14.8 Å². The van der Waals surface area contributed by atoms with Gasteiger partial charge in [0.2, 0.25) is 0 Å². The molecule has 3 aliphatic carbocycles. The van der Waals surface area contributed by atoms with E-state index in [0.717, 1.165) is 38.4 Å². The normalized spacial score (nSPS) is 26.0. The van der Waals surface area contributed by atoms with Gasteiger partial charge in [-0.1, -0.05) is 19.1 Å². The van der Waals surface area contributed by atoms with Crippen LogP contribution in [0.25, 0.3) is 5.69 Å². The van der Waals surface area contributed by atoms with Gasteiger partial charge in [0.1, 0.15) is 5.82 Å². The number of nitrogens with two attached hydrogens (primary N) is 1. The molecule has 0 unspecified atom stereocenters. The Morgan fingerprint density at radius 3 is 2.48 bits per heavy atom. The molecule has 4 N–H and O–H groups in total. The lowest BCUT2D eigenvalue weighted by Gasteiger charge is -2.74. The van der Waals surface area contributed by atoms with Crippen LogP contribution < -0.4 is 22.1 Å². The number of nitrogens with zero attached hydrogens (tertiary/aromatic N) is 4. The highest BCUT2D eigenvalue weighted by molar-refractivity contribution is 5.88. The molecule has 4 fully saturated rings. The summed E-state index contributed by atoms with van der Waals surface area (Å²) in [6, 6.07) is 9.49. The quantitative estimate of drug-likeness (QED) is 0.587. The molecule has 1 aromatic heterocycles. The van der Waals surface area contributed by atoms with Crippen LogP contribution in [-0.2, 0) is 6.54 Å². The van der Waals surface area contributed by atoms with Gasteiger partial charge >= 0.3 is 11.7 Å². The van der Waals surface area contributed by atoms with E-state index in [1.807, 2.05) is 12.1 Å². The van der Waals surface area contributed by atoms with Crippen LogP contribution in [0.5, 0.6) is 0 Å². The Balaban J connectivity index is 1.22. The van der Waals surface area contributed by atoms with Crippen molar-refractivity contribution in [2.45, 2.75) is 38.3 Å². The Kier molecular flexibility index (Phi) is 5.72. The molecule has 1 saturated heterocycles. The molecule has 176 valence electrons. The van der Waals surface area contributed by atoms with E-state index in [1.54, 1.807) is 17.2 Å². The molecule has 1 aromatic carbocycles. The Labute approximate surface area is 194 Å². The van der Waals surface area contributed by atoms with Gasteiger partial charge in [0.05, 0.1) is 5.69 Å². The third-order valence-corrected chi connectivity index (χ3v) is 7.63. The first-order valence-corrected chi connectivity index (χ1v) is 11.9. The van der Waals surface area contributed by atoms with Crippen LogP contribution in [0.1, 0.15) is 31.7 Å². The number of anilines is 1. The van der Waals surface area contributed by atoms with Gasteiger partial charge in [0, 0.05) is 44.5 Å². The molecular weight excluding hydrogens is 418 g/mol. The SMILES string of the molecule is CCN(Cc1ccc(-n2ccc(NC(=O)N3CCNCC3)nc2=O)cc1)C12CC(CN)(C1)C2. The standard InChI is InChI=1S/C24H33N7O2/c1-2-30(24-14-23(15-24,16-24)17-25)13-18-3-5-19(6-4-18)31-10-7-20(28-22(31)33)27-21(32)29-11-8-26-9-12-29/h3-7,10,26H,2,8-9,11-17,25H2,1H3,(H,27,28,32,33). The zero-order valence-electron chi connectivity index (χ0n) is 19.2. The van der Waals surface area contributed by atoms with Crippen LogP contribution in [0.2, 0.25) is 0 Å². The summed E-state index contributed by atoms with van der Waals surface area (Å²) in [5.74, 6) is 0.267. The van der Waals surface area contributed by atoms with Crippen LogP contribution in [0.15, 0.2) is 41.3 Å². The van der Waals surface area contributed by atoms with Crippen molar-refractivity contribution in [2.75, 3.05) is 44.6 Å². The van der Waals surface area contributed by atoms with Crippen molar-refractivity contribution in [3.8, 4) is 5.69 Å². The molecule has 2 heterocycles. The highest BCUT2D eigenvalue weighted by Gasteiger charge is 2.68. The molecule has 0 spiro atoms. The largest absolute Gasteiger partial charge is 0.354 e. The molecule has 9 heteroatoms. The van der Waals surface area contributed by atoms with Crippen molar-refractivity contribution in [2.24, 2.45) is 11.1 Å². The van der Waals surface area contributed by atoms with Crippen molar-refractivity contribution in [1.82, 2.24) is 24.7 Å². The molecule has 9 nitrogen and oxygen atoms in total. The molecule has 0 atom stereocenters. The first-order valence-electron chi connectivity index (χ1n) is 11.9. The number of carbonyl (C=O) groups excluding carboxylic acids is 1. The molecule has 2 aromatic rings. The van der Waals surface area contributed by atoms with Crippen LogP contribution in [0.3, 0.4) is 0 Å². The Morgan fingerprint density at radius 2 is 1.88 bits per heavy atom. The number of aromatic nitrogens is 2. The number of hydrogen-bond acceptors (Lipinski definition) is 6. The smallest absolute Gasteiger partial charge is 0.330 e. The zero-order valence-corrected chi connectivity index (χ0v) is 19.2. The minimum absolute atomic E-state index is 0.230. The molecule has 0 radical (unpaired) electrons. The van der Waals surface area contributed by atoms with Gasteiger partial charge in [0.25, 0.3) is 0 Å². The van der Waals surface area contributed by atoms with Crippen molar-refractivity contribution in [3.05, 3.63) is 52.6 Å². The monoisotopic (exact) mass is 451 g/mol. The molecule has 1 aliphatic heterocycles. The fourth-order valence-corrected chi connectivity index (χ4v) is 5.81. The number of amides is 2. The maximum absolute atomic E-state index is 12.6. The lowest BCUT2D eigenvalue weighted by Crippen LogP contribution is -2.76. The molecule has 4 aliphatic rings. The summed E-state index contributed by atoms with van der Waals surface area (Å²) in [6.07, 6.45) is 5.33. The minimum Gasteiger partial charge on any atom is -0.330 e. The second kappa shape index (κ2) is 8.55. The van der Waals surface area contributed by atoms with E-state index in [2.05, 4.69) is 39.6 Å². The van der Waals surface area contributed by atoms with E-state index in [0.29, 0.717) is 24.0 Å². The van der Waals surface area contributed by atoms with Gasteiger partial charge in [-0.2, -0.15) is 4.98 Å². The van der Waals surface area contributed by atoms with Gasteiger partial charge < -0.3 is 16.0 Å². The maximum Gasteiger partial charge on any atom is 0.354 e. The van der Waals surface area contributed by atoms with Crippen LogP contribution >= 0.6 is 0 Å². The summed E-state index contributed by atoms with van der Waals surface area (Å²) in [6.45, 7) is 7.77. The van der Waals surface area contributed by atoms with Gasteiger partial charge in [-0.25, -0.2) is 9.59 Å². The van der Waals surface area contributed by atoms with Crippen molar-refractivity contribution in [3.63, 3.8) is 0 Å².